The molecule has 1 aromatic heterocycles. The van der Waals surface area contributed by atoms with Gasteiger partial charge in [-0.05, 0) is 23.3 Å². The highest BCUT2D eigenvalue weighted by Crippen LogP contribution is 2.34. The van der Waals surface area contributed by atoms with E-state index in [1.165, 1.54) is 12.1 Å². The zero-order valence-electron chi connectivity index (χ0n) is 14.9. The minimum atomic E-state index is -3.79. The summed E-state index contributed by atoms with van der Waals surface area (Å²) in [5, 5.41) is 4.16. The van der Waals surface area contributed by atoms with Gasteiger partial charge in [-0.1, -0.05) is 84.0 Å². The molecule has 0 aliphatic heterocycles. The van der Waals surface area contributed by atoms with Crippen LogP contribution in [0.2, 0.25) is 0 Å². The minimum absolute atomic E-state index is 0.112. The van der Waals surface area contributed by atoms with Crippen LogP contribution in [0, 0.1) is 0 Å². The van der Waals surface area contributed by atoms with Gasteiger partial charge in [0.15, 0.2) is 0 Å². The molecule has 4 rings (SSSR count). The van der Waals surface area contributed by atoms with Crippen molar-refractivity contribution in [1.82, 2.24) is 5.16 Å². The number of sulfonamides is 1. The van der Waals surface area contributed by atoms with Crippen LogP contribution in [0.25, 0.3) is 11.1 Å². The Balaban J connectivity index is 1.75. The van der Waals surface area contributed by atoms with E-state index < -0.39 is 10.0 Å². The molecule has 28 heavy (non-hydrogen) atoms. The van der Waals surface area contributed by atoms with Crippen LogP contribution < -0.4 is 4.72 Å². The van der Waals surface area contributed by atoms with Crippen molar-refractivity contribution < 1.29 is 12.9 Å². The first-order valence-electron chi connectivity index (χ1n) is 8.79. The maximum atomic E-state index is 12.8. The molecular formula is C22H18N2O3S. The van der Waals surface area contributed by atoms with Crippen LogP contribution >= 0.6 is 0 Å². The summed E-state index contributed by atoms with van der Waals surface area (Å²) in [7, 11) is -3.79. The fourth-order valence-electron chi connectivity index (χ4n) is 2.99. The van der Waals surface area contributed by atoms with E-state index in [2.05, 4.69) is 9.88 Å². The maximum Gasteiger partial charge on any atom is 0.264 e. The van der Waals surface area contributed by atoms with Gasteiger partial charge >= 0.3 is 0 Å². The lowest BCUT2D eigenvalue weighted by atomic mass is 10.0. The third-order valence-electron chi connectivity index (χ3n) is 4.32. The average molecular weight is 390 g/mol. The Hall–Kier alpha value is -3.38. The molecule has 0 radical (unpaired) electrons. The molecule has 0 bridgehead atoms. The van der Waals surface area contributed by atoms with Gasteiger partial charge in [0.2, 0.25) is 5.88 Å². The van der Waals surface area contributed by atoms with Crippen molar-refractivity contribution in [3.8, 4) is 11.1 Å². The number of aromatic nitrogens is 1. The molecule has 1 heterocycles. The topological polar surface area (TPSA) is 72.2 Å². The predicted octanol–water partition coefficient (Wildman–Crippen LogP) is 4.73. The molecule has 0 aliphatic rings. The Morgan fingerprint density at radius 2 is 1.36 bits per heavy atom. The first-order valence-corrected chi connectivity index (χ1v) is 10.3. The van der Waals surface area contributed by atoms with Crippen molar-refractivity contribution in [1.29, 1.82) is 0 Å². The molecule has 0 saturated heterocycles. The SMILES string of the molecule is O=S(=O)(Nc1onc(Cc2ccccc2)c1-c1ccccc1)c1ccccc1. The Morgan fingerprint density at radius 1 is 0.786 bits per heavy atom. The number of rotatable bonds is 6. The van der Waals surface area contributed by atoms with Gasteiger partial charge in [0.05, 0.1) is 16.2 Å². The van der Waals surface area contributed by atoms with Crippen LogP contribution in [0.3, 0.4) is 0 Å². The summed E-state index contributed by atoms with van der Waals surface area (Å²) in [6.07, 6.45) is 0.529. The molecule has 0 saturated carbocycles. The lowest BCUT2D eigenvalue weighted by molar-refractivity contribution is 0.428. The summed E-state index contributed by atoms with van der Waals surface area (Å²) in [6.45, 7) is 0. The van der Waals surface area contributed by atoms with Crippen LogP contribution in [0.1, 0.15) is 11.3 Å². The largest absolute Gasteiger partial charge is 0.337 e. The maximum absolute atomic E-state index is 12.8. The van der Waals surface area contributed by atoms with Gasteiger partial charge in [-0.3, -0.25) is 0 Å². The monoisotopic (exact) mass is 390 g/mol. The quantitative estimate of drug-likeness (QED) is 0.516. The molecule has 0 unspecified atom stereocenters. The van der Waals surface area contributed by atoms with Crippen molar-refractivity contribution in [2.75, 3.05) is 4.72 Å². The van der Waals surface area contributed by atoms with Gasteiger partial charge in [0, 0.05) is 6.42 Å². The number of hydrogen-bond acceptors (Lipinski definition) is 4. The fraction of sp³-hybridized carbons (Fsp3) is 0.0455. The predicted molar refractivity (Wildman–Crippen MR) is 108 cm³/mol. The fourth-order valence-corrected chi connectivity index (χ4v) is 4.00. The van der Waals surface area contributed by atoms with E-state index in [9.17, 15) is 8.42 Å². The van der Waals surface area contributed by atoms with Gasteiger partial charge in [-0.2, -0.15) is 0 Å². The number of nitrogens with one attached hydrogen (secondary N) is 1. The van der Waals surface area contributed by atoms with Crippen LogP contribution in [-0.2, 0) is 16.4 Å². The van der Waals surface area contributed by atoms with Gasteiger partial charge in [0.25, 0.3) is 10.0 Å². The van der Waals surface area contributed by atoms with Crippen LogP contribution in [-0.4, -0.2) is 13.6 Å². The Kier molecular flexibility index (Phi) is 4.95. The Labute approximate surface area is 163 Å². The highest BCUT2D eigenvalue weighted by atomic mass is 32.2. The molecular weight excluding hydrogens is 372 g/mol. The zero-order chi connectivity index (χ0) is 19.4. The molecule has 6 heteroatoms. The van der Waals surface area contributed by atoms with Crippen molar-refractivity contribution in [2.24, 2.45) is 0 Å². The van der Waals surface area contributed by atoms with E-state index in [4.69, 9.17) is 4.52 Å². The van der Waals surface area contributed by atoms with Gasteiger partial charge in [0.1, 0.15) is 0 Å². The summed E-state index contributed by atoms with van der Waals surface area (Å²) in [4.78, 5) is 0.162. The second kappa shape index (κ2) is 7.70. The standard InChI is InChI=1S/C22H18N2O3S/c25-28(26,19-14-8-3-9-15-19)24-22-21(18-12-6-2-7-13-18)20(23-27-22)16-17-10-4-1-5-11-17/h1-15,24H,16H2. The van der Waals surface area contributed by atoms with Gasteiger partial charge in [-0.25, -0.2) is 13.1 Å². The van der Waals surface area contributed by atoms with E-state index in [0.29, 0.717) is 17.7 Å². The van der Waals surface area contributed by atoms with E-state index in [1.807, 2.05) is 60.7 Å². The highest BCUT2D eigenvalue weighted by Gasteiger charge is 2.23. The first-order chi connectivity index (χ1) is 13.6. The third-order valence-corrected chi connectivity index (χ3v) is 5.67. The number of benzene rings is 3. The molecule has 1 N–H and O–H groups in total. The molecule has 4 aromatic rings. The second-order valence-corrected chi connectivity index (χ2v) is 7.96. The molecule has 140 valence electrons. The minimum Gasteiger partial charge on any atom is -0.337 e. The second-order valence-electron chi connectivity index (χ2n) is 6.28. The van der Waals surface area contributed by atoms with E-state index in [-0.39, 0.29) is 10.8 Å². The van der Waals surface area contributed by atoms with E-state index in [1.54, 1.807) is 18.2 Å². The lowest BCUT2D eigenvalue weighted by Crippen LogP contribution is -2.13. The van der Waals surface area contributed by atoms with E-state index in [0.717, 1.165) is 11.1 Å². The van der Waals surface area contributed by atoms with Crippen molar-refractivity contribution in [2.45, 2.75) is 11.3 Å². The number of hydrogen-bond donors (Lipinski definition) is 1. The molecule has 0 fully saturated rings. The molecule has 0 spiro atoms. The van der Waals surface area contributed by atoms with Gasteiger partial charge in [-0.15, -0.1) is 0 Å². The average Bonchev–Trinajstić information content (AvgIpc) is 3.11. The third kappa shape index (κ3) is 3.82. The molecule has 0 atom stereocenters. The summed E-state index contributed by atoms with van der Waals surface area (Å²) in [6, 6.07) is 27.5. The smallest absolute Gasteiger partial charge is 0.264 e. The summed E-state index contributed by atoms with van der Waals surface area (Å²) in [5.74, 6) is 0.112. The first kappa shape index (κ1) is 18.0. The molecule has 0 amide bonds. The summed E-state index contributed by atoms with van der Waals surface area (Å²) in [5.41, 5.74) is 3.21. The normalized spacial score (nSPS) is 11.3. The highest BCUT2D eigenvalue weighted by molar-refractivity contribution is 7.92. The number of nitrogens with zero attached hydrogens (tertiary/aromatic N) is 1. The van der Waals surface area contributed by atoms with Gasteiger partial charge < -0.3 is 4.52 Å². The number of anilines is 1. The van der Waals surface area contributed by atoms with Crippen molar-refractivity contribution >= 4 is 15.9 Å². The van der Waals surface area contributed by atoms with E-state index >= 15 is 0 Å². The lowest BCUT2D eigenvalue weighted by Gasteiger charge is -2.08. The Morgan fingerprint density at radius 3 is 2.00 bits per heavy atom. The zero-order valence-corrected chi connectivity index (χ0v) is 15.8. The van der Waals surface area contributed by atoms with Crippen LogP contribution in [0.4, 0.5) is 5.88 Å². The van der Waals surface area contributed by atoms with Crippen LogP contribution in [0.15, 0.2) is 100 Å². The molecule has 0 aliphatic carbocycles. The molecule has 3 aromatic carbocycles. The van der Waals surface area contributed by atoms with Crippen molar-refractivity contribution in [3.05, 3.63) is 102 Å². The van der Waals surface area contributed by atoms with Crippen molar-refractivity contribution in [3.63, 3.8) is 0 Å². The Bertz CT molecular complexity index is 1160. The summed E-state index contributed by atoms with van der Waals surface area (Å²) < 4.78 is 33.5. The summed E-state index contributed by atoms with van der Waals surface area (Å²) >= 11 is 0. The van der Waals surface area contributed by atoms with Crippen LogP contribution in [0.5, 0.6) is 0 Å². The molecule has 5 nitrogen and oxygen atoms in total.